The molecule has 0 aliphatic heterocycles. The molecule has 0 unspecified atom stereocenters. The third-order valence-corrected chi connectivity index (χ3v) is 3.71. The molecule has 1 fully saturated rings. The number of hydrogen-bond acceptors (Lipinski definition) is 3. The maximum absolute atomic E-state index is 10.2. The van der Waals surface area contributed by atoms with Crippen molar-refractivity contribution in [2.45, 2.75) is 31.6 Å². The zero-order valence-electron chi connectivity index (χ0n) is 9.92. The molecule has 1 aliphatic carbocycles. The van der Waals surface area contributed by atoms with Crippen LogP contribution in [0.5, 0.6) is 11.5 Å². The van der Waals surface area contributed by atoms with E-state index < -0.39 is 0 Å². The van der Waals surface area contributed by atoms with Gasteiger partial charge in [-0.2, -0.15) is 0 Å². The van der Waals surface area contributed by atoms with E-state index in [4.69, 9.17) is 10.5 Å². The monoisotopic (exact) mass is 221 g/mol. The molecule has 88 valence electrons. The average Bonchev–Trinajstić information content (AvgIpc) is 2.21. The Kier molecular flexibility index (Phi) is 2.80. The highest BCUT2D eigenvalue weighted by atomic mass is 16.5. The summed E-state index contributed by atoms with van der Waals surface area (Å²) >= 11 is 0. The van der Waals surface area contributed by atoms with Gasteiger partial charge >= 0.3 is 0 Å². The number of nitrogens with two attached hydrogens (primary N) is 1. The lowest BCUT2D eigenvalue weighted by Crippen LogP contribution is -2.41. The van der Waals surface area contributed by atoms with Crippen molar-refractivity contribution >= 4 is 0 Å². The molecule has 2 rings (SSSR count). The fourth-order valence-electron chi connectivity index (χ4n) is 2.49. The largest absolute Gasteiger partial charge is 0.504 e. The molecule has 0 radical (unpaired) electrons. The molecule has 3 heteroatoms. The van der Waals surface area contributed by atoms with Crippen molar-refractivity contribution < 1.29 is 9.84 Å². The molecule has 0 spiro atoms. The number of aryl methyl sites for hydroxylation is 1. The summed E-state index contributed by atoms with van der Waals surface area (Å²) < 4.78 is 5.18. The number of benzene rings is 1. The van der Waals surface area contributed by atoms with E-state index >= 15 is 0 Å². The fourth-order valence-corrected chi connectivity index (χ4v) is 2.49. The molecular formula is C13H19NO2. The van der Waals surface area contributed by atoms with Gasteiger partial charge in [0.05, 0.1) is 7.11 Å². The molecule has 0 saturated heterocycles. The van der Waals surface area contributed by atoms with Gasteiger partial charge in [-0.15, -0.1) is 0 Å². The Hall–Kier alpha value is -1.22. The number of phenolic OH excluding ortho intramolecular Hbond substituents is 1. The summed E-state index contributed by atoms with van der Waals surface area (Å²) in [5.74, 6) is 0.813. The van der Waals surface area contributed by atoms with E-state index in [1.54, 1.807) is 7.11 Å². The molecule has 1 aromatic rings. The van der Waals surface area contributed by atoms with Gasteiger partial charge in [0.25, 0.3) is 0 Å². The normalized spacial score (nSPS) is 17.9. The topological polar surface area (TPSA) is 55.5 Å². The lowest BCUT2D eigenvalue weighted by molar-refractivity contribution is 0.242. The Balaban J connectivity index is 2.51. The second kappa shape index (κ2) is 3.98. The molecule has 1 aliphatic rings. The number of rotatable bonds is 3. The van der Waals surface area contributed by atoms with Crippen LogP contribution < -0.4 is 10.5 Å². The minimum atomic E-state index is -0.0244. The van der Waals surface area contributed by atoms with Gasteiger partial charge in [0.2, 0.25) is 0 Å². The summed E-state index contributed by atoms with van der Waals surface area (Å²) in [7, 11) is 1.58. The van der Waals surface area contributed by atoms with Gasteiger partial charge in [-0.05, 0) is 31.4 Å². The first-order valence-electron chi connectivity index (χ1n) is 5.71. The van der Waals surface area contributed by atoms with Crippen molar-refractivity contribution in [1.29, 1.82) is 0 Å². The second-order valence-electron chi connectivity index (χ2n) is 4.70. The van der Waals surface area contributed by atoms with Crippen molar-refractivity contribution in [3.63, 3.8) is 0 Å². The summed E-state index contributed by atoms with van der Waals surface area (Å²) in [4.78, 5) is 0. The van der Waals surface area contributed by atoms with Crippen LogP contribution in [0, 0.1) is 6.92 Å². The first-order valence-corrected chi connectivity index (χ1v) is 5.71. The Labute approximate surface area is 96.2 Å². The SMILES string of the molecule is COc1cc(C)cc(C2(CN)CCC2)c1O. The van der Waals surface area contributed by atoms with Gasteiger partial charge in [-0.3, -0.25) is 0 Å². The molecule has 3 nitrogen and oxygen atoms in total. The van der Waals surface area contributed by atoms with Crippen LogP contribution in [-0.2, 0) is 5.41 Å². The smallest absolute Gasteiger partial charge is 0.161 e. The molecule has 0 bridgehead atoms. The van der Waals surface area contributed by atoms with E-state index in [9.17, 15) is 5.11 Å². The highest BCUT2D eigenvalue weighted by Crippen LogP contribution is 2.48. The van der Waals surface area contributed by atoms with Crippen LogP contribution in [0.3, 0.4) is 0 Å². The lowest BCUT2D eigenvalue weighted by Gasteiger charge is -2.42. The van der Waals surface area contributed by atoms with Crippen LogP contribution in [0.25, 0.3) is 0 Å². The standard InChI is InChI=1S/C13H19NO2/c1-9-6-10(12(15)11(7-9)16-2)13(8-14)4-3-5-13/h6-7,15H,3-5,8,14H2,1-2H3. The summed E-state index contributed by atoms with van der Waals surface area (Å²) in [5.41, 5.74) is 7.89. The minimum Gasteiger partial charge on any atom is -0.504 e. The van der Waals surface area contributed by atoms with Crippen molar-refractivity contribution in [1.82, 2.24) is 0 Å². The maximum Gasteiger partial charge on any atom is 0.161 e. The molecule has 16 heavy (non-hydrogen) atoms. The van der Waals surface area contributed by atoms with Gasteiger partial charge < -0.3 is 15.6 Å². The molecule has 0 heterocycles. The van der Waals surface area contributed by atoms with Crippen LogP contribution in [0.2, 0.25) is 0 Å². The van der Waals surface area contributed by atoms with Gasteiger partial charge in [-0.1, -0.05) is 12.5 Å². The Morgan fingerprint density at radius 2 is 2.12 bits per heavy atom. The molecule has 0 aromatic heterocycles. The first-order chi connectivity index (χ1) is 7.63. The van der Waals surface area contributed by atoms with E-state index in [1.807, 2.05) is 19.1 Å². The zero-order chi connectivity index (χ0) is 11.8. The minimum absolute atomic E-state index is 0.0244. The van der Waals surface area contributed by atoms with Crippen molar-refractivity contribution in [2.24, 2.45) is 5.73 Å². The number of hydrogen-bond donors (Lipinski definition) is 2. The Morgan fingerprint density at radius 3 is 2.56 bits per heavy atom. The summed E-state index contributed by atoms with van der Waals surface area (Å²) in [5, 5.41) is 10.2. The second-order valence-corrected chi connectivity index (χ2v) is 4.70. The third-order valence-electron chi connectivity index (χ3n) is 3.71. The highest BCUT2D eigenvalue weighted by Gasteiger charge is 2.40. The number of ether oxygens (including phenoxy) is 1. The molecule has 0 amide bonds. The molecule has 1 saturated carbocycles. The van der Waals surface area contributed by atoms with Gasteiger partial charge in [0.1, 0.15) is 0 Å². The van der Waals surface area contributed by atoms with Crippen LogP contribution in [0.4, 0.5) is 0 Å². The number of methoxy groups -OCH3 is 1. The highest BCUT2D eigenvalue weighted by molar-refractivity contribution is 5.52. The predicted molar refractivity (Wildman–Crippen MR) is 64.0 cm³/mol. The predicted octanol–water partition coefficient (Wildman–Crippen LogP) is 2.09. The van der Waals surface area contributed by atoms with Crippen LogP contribution in [-0.4, -0.2) is 18.8 Å². The first kappa shape index (κ1) is 11.3. The van der Waals surface area contributed by atoms with Crippen LogP contribution in [0.1, 0.15) is 30.4 Å². The van der Waals surface area contributed by atoms with Crippen LogP contribution >= 0.6 is 0 Å². The number of phenols is 1. The lowest BCUT2D eigenvalue weighted by atomic mass is 9.64. The summed E-state index contributed by atoms with van der Waals surface area (Å²) in [6, 6.07) is 3.88. The average molecular weight is 221 g/mol. The maximum atomic E-state index is 10.2. The quantitative estimate of drug-likeness (QED) is 0.821. The van der Waals surface area contributed by atoms with Gasteiger partial charge in [-0.25, -0.2) is 0 Å². The third kappa shape index (κ3) is 1.55. The van der Waals surface area contributed by atoms with Crippen LogP contribution in [0.15, 0.2) is 12.1 Å². The van der Waals surface area contributed by atoms with E-state index in [2.05, 4.69) is 0 Å². The summed E-state index contributed by atoms with van der Waals surface area (Å²) in [6.07, 6.45) is 3.31. The van der Waals surface area contributed by atoms with Gasteiger partial charge in [0, 0.05) is 17.5 Å². The molecule has 3 N–H and O–H groups in total. The van der Waals surface area contributed by atoms with E-state index in [1.165, 1.54) is 6.42 Å². The Bertz CT molecular complexity index is 392. The van der Waals surface area contributed by atoms with Crippen molar-refractivity contribution in [3.8, 4) is 11.5 Å². The summed E-state index contributed by atoms with van der Waals surface area (Å²) in [6.45, 7) is 2.60. The van der Waals surface area contributed by atoms with Gasteiger partial charge in [0.15, 0.2) is 11.5 Å². The fraction of sp³-hybridized carbons (Fsp3) is 0.538. The van der Waals surface area contributed by atoms with E-state index in [-0.39, 0.29) is 11.2 Å². The Morgan fingerprint density at radius 1 is 1.44 bits per heavy atom. The molecular weight excluding hydrogens is 202 g/mol. The molecule has 0 atom stereocenters. The molecule has 1 aromatic carbocycles. The number of aromatic hydroxyl groups is 1. The van der Waals surface area contributed by atoms with E-state index in [0.717, 1.165) is 24.0 Å². The van der Waals surface area contributed by atoms with Crippen molar-refractivity contribution in [2.75, 3.05) is 13.7 Å². The zero-order valence-corrected chi connectivity index (χ0v) is 9.92. The van der Waals surface area contributed by atoms with E-state index in [0.29, 0.717) is 12.3 Å². The van der Waals surface area contributed by atoms with Crippen molar-refractivity contribution in [3.05, 3.63) is 23.3 Å².